The van der Waals surface area contributed by atoms with Crippen LogP contribution in [0.5, 0.6) is 0 Å². The van der Waals surface area contributed by atoms with Gasteiger partial charge in [0.15, 0.2) is 0 Å². The lowest BCUT2D eigenvalue weighted by atomic mass is 10.0. The first-order valence-electron chi connectivity index (χ1n) is 6.57. The van der Waals surface area contributed by atoms with E-state index in [9.17, 15) is 14.9 Å². The van der Waals surface area contributed by atoms with Gasteiger partial charge in [-0.1, -0.05) is 6.07 Å². The van der Waals surface area contributed by atoms with Crippen molar-refractivity contribution in [2.24, 2.45) is 5.41 Å². The summed E-state index contributed by atoms with van der Waals surface area (Å²) in [6.07, 6.45) is 3.05. The number of nitro groups is 1. The Kier molecular flexibility index (Phi) is 4.28. The van der Waals surface area contributed by atoms with Crippen LogP contribution in [0.15, 0.2) is 18.2 Å². The minimum atomic E-state index is -0.470. The average Bonchev–Trinajstić information content (AvgIpc) is 3.17. The van der Waals surface area contributed by atoms with E-state index in [-0.39, 0.29) is 17.0 Å². The third-order valence-corrected chi connectivity index (χ3v) is 4.14. The summed E-state index contributed by atoms with van der Waals surface area (Å²) in [5, 5.41) is 13.7. The fraction of sp³-hybridized carbons (Fsp3) is 0.500. The maximum atomic E-state index is 12.2. The third-order valence-electron chi connectivity index (χ3n) is 3.95. The highest BCUT2D eigenvalue weighted by Crippen LogP contribution is 2.48. The summed E-state index contributed by atoms with van der Waals surface area (Å²) < 4.78 is 0. The second kappa shape index (κ2) is 5.79. The Morgan fingerprint density at radius 2 is 2.20 bits per heavy atom. The molecule has 1 aromatic rings. The number of hydrogen-bond acceptors (Lipinski definition) is 3. The van der Waals surface area contributed by atoms with Crippen LogP contribution in [0.1, 0.15) is 35.2 Å². The lowest BCUT2D eigenvalue weighted by molar-refractivity contribution is -0.385. The zero-order valence-corrected chi connectivity index (χ0v) is 12.1. The van der Waals surface area contributed by atoms with E-state index in [0.717, 1.165) is 19.3 Å². The van der Waals surface area contributed by atoms with Crippen molar-refractivity contribution in [3.63, 3.8) is 0 Å². The molecule has 5 nitrogen and oxygen atoms in total. The second-order valence-corrected chi connectivity index (χ2v) is 5.71. The minimum Gasteiger partial charge on any atom is -0.351 e. The number of carbonyl (C=O) groups is 1. The van der Waals surface area contributed by atoms with Gasteiger partial charge in [-0.05, 0) is 37.7 Å². The van der Waals surface area contributed by atoms with Crippen LogP contribution in [-0.4, -0.2) is 23.3 Å². The van der Waals surface area contributed by atoms with Crippen molar-refractivity contribution in [3.05, 3.63) is 39.4 Å². The van der Waals surface area contributed by atoms with E-state index in [2.05, 4.69) is 5.32 Å². The maximum Gasteiger partial charge on any atom is 0.273 e. The van der Waals surface area contributed by atoms with Crippen LogP contribution in [-0.2, 0) is 0 Å². The van der Waals surface area contributed by atoms with Gasteiger partial charge in [0, 0.05) is 29.6 Å². The highest BCUT2D eigenvalue weighted by atomic mass is 35.5. The Bertz CT molecular complexity index is 541. The van der Waals surface area contributed by atoms with E-state index < -0.39 is 4.92 Å². The van der Waals surface area contributed by atoms with Crippen molar-refractivity contribution in [1.29, 1.82) is 0 Å². The molecule has 1 saturated carbocycles. The molecule has 0 saturated heterocycles. The van der Waals surface area contributed by atoms with Gasteiger partial charge >= 0.3 is 0 Å². The minimum absolute atomic E-state index is 0.0282. The Labute approximate surface area is 122 Å². The molecule has 0 heterocycles. The fourth-order valence-corrected chi connectivity index (χ4v) is 2.72. The standard InChI is InChI=1S/C14H17ClN2O3/c1-10-11(3-2-4-12(10)17(19)20)13(18)16-9-14(5-6-14)7-8-15/h2-4H,5-9H2,1H3,(H,16,18). The second-order valence-electron chi connectivity index (χ2n) is 5.33. The molecular weight excluding hydrogens is 280 g/mol. The molecule has 0 unspecified atom stereocenters. The molecule has 108 valence electrons. The van der Waals surface area contributed by atoms with Crippen LogP contribution in [0.2, 0.25) is 0 Å². The van der Waals surface area contributed by atoms with Gasteiger partial charge in [-0.15, -0.1) is 11.6 Å². The number of benzene rings is 1. The Morgan fingerprint density at radius 1 is 1.50 bits per heavy atom. The molecule has 1 aliphatic rings. The van der Waals surface area contributed by atoms with Crippen LogP contribution < -0.4 is 5.32 Å². The predicted octanol–water partition coefficient (Wildman–Crippen LogP) is 3.04. The molecule has 0 aliphatic heterocycles. The molecule has 1 N–H and O–H groups in total. The molecule has 0 bridgehead atoms. The number of rotatable bonds is 6. The zero-order valence-electron chi connectivity index (χ0n) is 11.3. The number of halogens is 1. The van der Waals surface area contributed by atoms with E-state index in [0.29, 0.717) is 23.6 Å². The molecule has 1 aliphatic carbocycles. The van der Waals surface area contributed by atoms with Crippen molar-refractivity contribution >= 4 is 23.2 Å². The normalized spacial score (nSPS) is 15.7. The molecule has 1 fully saturated rings. The van der Waals surface area contributed by atoms with Crippen LogP contribution in [0.25, 0.3) is 0 Å². The summed E-state index contributed by atoms with van der Waals surface area (Å²) in [5.41, 5.74) is 0.879. The van der Waals surface area contributed by atoms with E-state index in [1.165, 1.54) is 12.1 Å². The summed E-state index contributed by atoms with van der Waals surface area (Å²) in [6, 6.07) is 4.55. The number of nitro benzene ring substituents is 1. The Hall–Kier alpha value is -1.62. The van der Waals surface area contributed by atoms with Crippen molar-refractivity contribution in [3.8, 4) is 0 Å². The first-order chi connectivity index (χ1) is 9.49. The van der Waals surface area contributed by atoms with E-state index in [1.807, 2.05) is 0 Å². The lowest BCUT2D eigenvalue weighted by Crippen LogP contribution is -2.31. The SMILES string of the molecule is Cc1c(C(=O)NCC2(CCCl)CC2)cccc1[N+](=O)[O-]. The number of hydrogen-bond donors (Lipinski definition) is 1. The van der Waals surface area contributed by atoms with Crippen LogP contribution in [0.4, 0.5) is 5.69 Å². The molecule has 0 radical (unpaired) electrons. The van der Waals surface area contributed by atoms with Gasteiger partial charge in [-0.2, -0.15) is 0 Å². The molecule has 1 aromatic carbocycles. The Morgan fingerprint density at radius 3 is 2.75 bits per heavy atom. The predicted molar refractivity (Wildman–Crippen MR) is 77.2 cm³/mol. The first kappa shape index (κ1) is 14.8. The van der Waals surface area contributed by atoms with Crippen LogP contribution >= 0.6 is 11.6 Å². The summed E-state index contributed by atoms with van der Waals surface area (Å²) >= 11 is 5.75. The quantitative estimate of drug-likeness (QED) is 0.498. The van der Waals surface area contributed by atoms with Crippen molar-refractivity contribution < 1.29 is 9.72 Å². The van der Waals surface area contributed by atoms with Crippen molar-refractivity contribution in [2.45, 2.75) is 26.2 Å². The number of nitrogens with zero attached hydrogens (tertiary/aromatic N) is 1. The topological polar surface area (TPSA) is 72.2 Å². The number of amides is 1. The van der Waals surface area contributed by atoms with E-state index in [4.69, 9.17) is 11.6 Å². The molecule has 6 heteroatoms. The Balaban J connectivity index is 2.06. The summed E-state index contributed by atoms with van der Waals surface area (Å²) in [5.74, 6) is 0.332. The molecule has 0 atom stereocenters. The highest BCUT2D eigenvalue weighted by Gasteiger charge is 2.41. The smallest absolute Gasteiger partial charge is 0.273 e. The van der Waals surface area contributed by atoms with Crippen molar-refractivity contribution in [2.75, 3.05) is 12.4 Å². The van der Waals surface area contributed by atoms with E-state index >= 15 is 0 Å². The number of nitrogens with one attached hydrogen (secondary N) is 1. The third kappa shape index (κ3) is 3.10. The van der Waals surface area contributed by atoms with Gasteiger partial charge in [-0.3, -0.25) is 14.9 Å². The lowest BCUT2D eigenvalue weighted by Gasteiger charge is -2.15. The van der Waals surface area contributed by atoms with Crippen molar-refractivity contribution in [1.82, 2.24) is 5.32 Å². The molecule has 0 aromatic heterocycles. The van der Waals surface area contributed by atoms with Crippen LogP contribution in [0, 0.1) is 22.5 Å². The average molecular weight is 297 g/mol. The number of alkyl halides is 1. The molecule has 2 rings (SSSR count). The van der Waals surface area contributed by atoms with Gasteiger partial charge < -0.3 is 5.32 Å². The molecule has 0 spiro atoms. The summed E-state index contributed by atoms with van der Waals surface area (Å²) in [4.78, 5) is 22.6. The largest absolute Gasteiger partial charge is 0.351 e. The van der Waals surface area contributed by atoms with Gasteiger partial charge in [0.2, 0.25) is 0 Å². The molecular formula is C14H17ClN2O3. The monoisotopic (exact) mass is 296 g/mol. The molecule has 20 heavy (non-hydrogen) atoms. The fourth-order valence-electron chi connectivity index (χ4n) is 2.32. The highest BCUT2D eigenvalue weighted by molar-refractivity contribution is 6.17. The summed E-state index contributed by atoms with van der Waals surface area (Å²) in [7, 11) is 0. The maximum absolute atomic E-state index is 12.2. The summed E-state index contributed by atoms with van der Waals surface area (Å²) in [6.45, 7) is 2.18. The van der Waals surface area contributed by atoms with Crippen LogP contribution in [0.3, 0.4) is 0 Å². The number of carbonyl (C=O) groups excluding carboxylic acids is 1. The molecule has 1 amide bonds. The van der Waals surface area contributed by atoms with E-state index in [1.54, 1.807) is 13.0 Å². The first-order valence-corrected chi connectivity index (χ1v) is 7.11. The van der Waals surface area contributed by atoms with Gasteiger partial charge in [0.25, 0.3) is 11.6 Å². The van der Waals surface area contributed by atoms with Gasteiger partial charge in [-0.25, -0.2) is 0 Å². The van der Waals surface area contributed by atoms with Gasteiger partial charge in [0.05, 0.1) is 4.92 Å². The van der Waals surface area contributed by atoms with Gasteiger partial charge in [0.1, 0.15) is 0 Å². The zero-order chi connectivity index (χ0) is 14.8.